The van der Waals surface area contributed by atoms with E-state index < -0.39 is 23.6 Å². The quantitative estimate of drug-likeness (QED) is 0.774. The van der Waals surface area contributed by atoms with Gasteiger partial charge in [-0.25, -0.2) is 0 Å². The fraction of sp³-hybridized carbons (Fsp3) is 0.429. The van der Waals surface area contributed by atoms with Crippen molar-refractivity contribution in [1.82, 2.24) is 10.2 Å². The van der Waals surface area contributed by atoms with Crippen molar-refractivity contribution in [3.8, 4) is 0 Å². The van der Waals surface area contributed by atoms with Crippen LogP contribution < -0.4 is 5.32 Å². The highest BCUT2D eigenvalue weighted by Gasteiger charge is 2.41. The van der Waals surface area contributed by atoms with E-state index in [0.29, 0.717) is 17.0 Å². The van der Waals surface area contributed by atoms with Crippen LogP contribution in [0.2, 0.25) is 0 Å². The Hall–Kier alpha value is -2.35. The Labute approximate surface area is 171 Å². The normalized spacial score (nSPS) is 19.6. The number of rotatable bonds is 5. The maximum Gasteiger partial charge on any atom is 0.416 e. The summed E-state index contributed by atoms with van der Waals surface area (Å²) >= 11 is 1.30. The Balaban J connectivity index is 1.88. The topological polar surface area (TPSA) is 49.4 Å². The van der Waals surface area contributed by atoms with Gasteiger partial charge < -0.3 is 10.2 Å². The summed E-state index contributed by atoms with van der Waals surface area (Å²) in [6.45, 7) is 4.79. The van der Waals surface area contributed by atoms with Gasteiger partial charge in [0, 0.05) is 25.6 Å². The number of thiophene rings is 1. The molecule has 0 saturated carbocycles. The first-order valence-corrected chi connectivity index (χ1v) is 10.3. The lowest BCUT2D eigenvalue weighted by Crippen LogP contribution is -2.37. The molecule has 29 heavy (non-hydrogen) atoms. The third-order valence-corrected chi connectivity index (χ3v) is 5.86. The molecule has 2 heterocycles. The third kappa shape index (κ3) is 4.98. The zero-order valence-corrected chi connectivity index (χ0v) is 17.0. The van der Waals surface area contributed by atoms with Gasteiger partial charge in [0.2, 0.25) is 5.91 Å². The molecule has 1 aromatic heterocycles. The molecular formula is C21H23F3N2O2S. The van der Waals surface area contributed by atoms with Crippen molar-refractivity contribution >= 4 is 23.2 Å². The number of carbonyl (C=O) groups excluding carboxylic acids is 2. The molecule has 1 aliphatic heterocycles. The first-order valence-electron chi connectivity index (χ1n) is 9.44. The van der Waals surface area contributed by atoms with Crippen LogP contribution in [0.3, 0.4) is 0 Å². The molecule has 1 aliphatic rings. The van der Waals surface area contributed by atoms with Gasteiger partial charge in [0.1, 0.15) is 0 Å². The van der Waals surface area contributed by atoms with Gasteiger partial charge in [-0.15, -0.1) is 11.3 Å². The van der Waals surface area contributed by atoms with Gasteiger partial charge in [-0.2, -0.15) is 13.2 Å². The maximum atomic E-state index is 13.2. The lowest BCUT2D eigenvalue weighted by Gasteiger charge is -2.20. The Morgan fingerprint density at radius 3 is 2.59 bits per heavy atom. The summed E-state index contributed by atoms with van der Waals surface area (Å²) in [4.78, 5) is 27.7. The molecule has 1 aromatic carbocycles. The van der Waals surface area contributed by atoms with Crippen LogP contribution in [0.4, 0.5) is 13.2 Å². The highest BCUT2D eigenvalue weighted by atomic mass is 32.1. The predicted molar refractivity (Wildman–Crippen MR) is 106 cm³/mol. The minimum Gasteiger partial charge on any atom is -0.356 e. The molecule has 0 radical (unpaired) electrons. The number of likely N-dealkylation sites (tertiary alicyclic amines) is 1. The molecule has 0 spiro atoms. The minimum atomic E-state index is -4.46. The molecule has 2 amide bonds. The summed E-state index contributed by atoms with van der Waals surface area (Å²) in [6, 6.07) is 8.53. The minimum absolute atomic E-state index is 0.182. The number of carbonyl (C=O) groups is 2. The molecule has 4 nitrogen and oxygen atoms in total. The van der Waals surface area contributed by atoms with Crippen molar-refractivity contribution < 1.29 is 22.8 Å². The average Bonchev–Trinajstić information content (AvgIpc) is 3.35. The first-order chi connectivity index (χ1) is 13.7. The molecule has 1 N–H and O–H groups in total. The van der Waals surface area contributed by atoms with E-state index in [1.54, 1.807) is 28.5 Å². The van der Waals surface area contributed by atoms with E-state index in [9.17, 15) is 22.8 Å². The van der Waals surface area contributed by atoms with Crippen LogP contribution in [-0.4, -0.2) is 36.3 Å². The Kier molecular flexibility index (Phi) is 6.31. The third-order valence-electron chi connectivity index (χ3n) is 5.00. The molecule has 0 bridgehead atoms. The summed E-state index contributed by atoms with van der Waals surface area (Å²) in [5, 5.41) is 4.66. The van der Waals surface area contributed by atoms with Crippen molar-refractivity contribution in [2.45, 2.75) is 25.9 Å². The van der Waals surface area contributed by atoms with Crippen LogP contribution in [0.15, 0.2) is 41.8 Å². The first kappa shape index (κ1) is 21.4. The Morgan fingerprint density at radius 2 is 1.97 bits per heavy atom. The number of nitrogens with zero attached hydrogens (tertiary/aromatic N) is 1. The summed E-state index contributed by atoms with van der Waals surface area (Å²) in [6.07, 6.45) is -4.46. The van der Waals surface area contributed by atoms with Crippen molar-refractivity contribution in [1.29, 1.82) is 0 Å². The second kappa shape index (κ2) is 8.57. The van der Waals surface area contributed by atoms with Crippen molar-refractivity contribution in [3.05, 3.63) is 57.8 Å². The molecule has 2 unspecified atom stereocenters. The maximum absolute atomic E-state index is 13.2. The fourth-order valence-corrected chi connectivity index (χ4v) is 4.20. The van der Waals surface area contributed by atoms with E-state index in [1.165, 1.54) is 17.4 Å². The molecular weight excluding hydrogens is 401 g/mol. The van der Waals surface area contributed by atoms with Gasteiger partial charge in [0.05, 0.1) is 16.4 Å². The standard InChI is InChI=1S/C21H23F3N2O2S/c1-13(2)10-25-19(27)17-12-26(20(28)18-7-4-8-29-18)11-16(17)14-5-3-6-15(9-14)21(22,23)24/h3-9,13,16-17H,10-12H2,1-2H3,(H,25,27). The van der Waals surface area contributed by atoms with Crippen molar-refractivity contribution in [2.24, 2.45) is 11.8 Å². The second-order valence-electron chi connectivity index (χ2n) is 7.66. The number of amides is 2. The van der Waals surface area contributed by atoms with E-state index >= 15 is 0 Å². The predicted octanol–water partition coefficient (Wildman–Crippen LogP) is 4.39. The van der Waals surface area contributed by atoms with Crippen LogP contribution in [0.1, 0.15) is 40.6 Å². The van der Waals surface area contributed by atoms with E-state index in [1.807, 2.05) is 13.8 Å². The van der Waals surface area contributed by atoms with E-state index in [2.05, 4.69) is 5.32 Å². The van der Waals surface area contributed by atoms with Gasteiger partial charge in [-0.3, -0.25) is 9.59 Å². The number of halogens is 3. The van der Waals surface area contributed by atoms with Crippen LogP contribution in [0.25, 0.3) is 0 Å². The highest BCUT2D eigenvalue weighted by molar-refractivity contribution is 7.12. The van der Waals surface area contributed by atoms with Crippen LogP contribution >= 0.6 is 11.3 Å². The smallest absolute Gasteiger partial charge is 0.356 e. The summed E-state index contributed by atoms with van der Waals surface area (Å²) in [5.41, 5.74) is -0.328. The molecule has 8 heteroatoms. The molecule has 2 atom stereocenters. The molecule has 1 fully saturated rings. The largest absolute Gasteiger partial charge is 0.416 e. The zero-order valence-electron chi connectivity index (χ0n) is 16.2. The molecule has 2 aromatic rings. The van der Waals surface area contributed by atoms with Gasteiger partial charge in [0.15, 0.2) is 0 Å². The summed E-state index contributed by atoms with van der Waals surface area (Å²) in [7, 11) is 0. The van der Waals surface area contributed by atoms with Gasteiger partial charge >= 0.3 is 6.18 Å². The van der Waals surface area contributed by atoms with Crippen molar-refractivity contribution in [2.75, 3.05) is 19.6 Å². The van der Waals surface area contributed by atoms with Crippen LogP contribution in [-0.2, 0) is 11.0 Å². The zero-order chi connectivity index (χ0) is 21.2. The average molecular weight is 424 g/mol. The number of hydrogen-bond donors (Lipinski definition) is 1. The van der Waals surface area contributed by atoms with E-state index in [4.69, 9.17) is 0 Å². The van der Waals surface area contributed by atoms with Crippen LogP contribution in [0.5, 0.6) is 0 Å². The lowest BCUT2D eigenvalue weighted by molar-refractivity contribution is -0.137. The number of benzene rings is 1. The highest BCUT2D eigenvalue weighted by Crippen LogP contribution is 2.37. The van der Waals surface area contributed by atoms with Crippen molar-refractivity contribution in [3.63, 3.8) is 0 Å². The SMILES string of the molecule is CC(C)CNC(=O)C1CN(C(=O)c2cccs2)CC1c1cccc(C(F)(F)F)c1. The molecule has 1 saturated heterocycles. The fourth-order valence-electron chi connectivity index (χ4n) is 3.51. The van der Waals surface area contributed by atoms with Gasteiger partial charge in [-0.05, 0) is 29.0 Å². The summed E-state index contributed by atoms with van der Waals surface area (Å²) in [5.74, 6) is -1.27. The summed E-state index contributed by atoms with van der Waals surface area (Å²) < 4.78 is 39.5. The number of hydrogen-bond acceptors (Lipinski definition) is 3. The lowest BCUT2D eigenvalue weighted by atomic mass is 9.87. The number of nitrogens with one attached hydrogen (secondary N) is 1. The molecule has 0 aliphatic carbocycles. The molecule has 156 valence electrons. The monoisotopic (exact) mass is 424 g/mol. The van der Waals surface area contributed by atoms with E-state index in [0.717, 1.165) is 12.1 Å². The van der Waals surface area contributed by atoms with Gasteiger partial charge in [0.25, 0.3) is 5.91 Å². The van der Waals surface area contributed by atoms with E-state index in [-0.39, 0.29) is 30.8 Å². The Bertz CT molecular complexity index is 865. The Morgan fingerprint density at radius 1 is 1.21 bits per heavy atom. The number of alkyl halides is 3. The van der Waals surface area contributed by atoms with Gasteiger partial charge in [-0.1, -0.05) is 38.1 Å². The second-order valence-corrected chi connectivity index (χ2v) is 8.61. The van der Waals surface area contributed by atoms with Crippen LogP contribution in [0, 0.1) is 11.8 Å². The molecule has 3 rings (SSSR count).